The van der Waals surface area contributed by atoms with Crippen molar-refractivity contribution in [1.82, 2.24) is 14.9 Å². The number of nitrogens with one attached hydrogen (secondary N) is 1. The molecule has 0 aliphatic carbocycles. The van der Waals surface area contributed by atoms with Crippen molar-refractivity contribution in [2.75, 3.05) is 18.9 Å². The van der Waals surface area contributed by atoms with E-state index in [1.807, 2.05) is 39.0 Å². The third-order valence-electron chi connectivity index (χ3n) is 3.70. The highest BCUT2D eigenvalue weighted by Gasteiger charge is 2.12. The van der Waals surface area contributed by atoms with Gasteiger partial charge < -0.3 is 10.1 Å². The molecular formula is C19H27N3O3S. The van der Waals surface area contributed by atoms with E-state index in [2.05, 4.69) is 10.3 Å². The zero-order chi connectivity index (χ0) is 18.9. The average molecular weight is 378 g/mol. The molecule has 0 fully saturated rings. The van der Waals surface area contributed by atoms with Gasteiger partial charge in [-0.25, -0.2) is 4.98 Å². The highest BCUT2D eigenvalue weighted by Crippen LogP contribution is 2.17. The quantitative estimate of drug-likeness (QED) is 0.392. The maximum Gasteiger partial charge on any atom is 0.262 e. The van der Waals surface area contributed by atoms with Gasteiger partial charge in [0.2, 0.25) is 5.91 Å². The number of para-hydroxylation sites is 1. The van der Waals surface area contributed by atoms with Gasteiger partial charge in [0, 0.05) is 19.7 Å². The summed E-state index contributed by atoms with van der Waals surface area (Å²) in [6.45, 7) is 7.80. The zero-order valence-electron chi connectivity index (χ0n) is 15.7. The van der Waals surface area contributed by atoms with Crippen molar-refractivity contribution >= 4 is 28.6 Å². The minimum atomic E-state index is -0.0648. The van der Waals surface area contributed by atoms with Gasteiger partial charge in [0.15, 0.2) is 5.16 Å². The third kappa shape index (κ3) is 5.85. The van der Waals surface area contributed by atoms with Crippen LogP contribution in [0.15, 0.2) is 34.2 Å². The van der Waals surface area contributed by atoms with Gasteiger partial charge in [0.25, 0.3) is 5.56 Å². The maximum atomic E-state index is 12.7. The second-order valence-electron chi connectivity index (χ2n) is 6.28. The fraction of sp³-hybridized carbons (Fsp3) is 0.526. The number of carbonyl (C=O) groups excluding carboxylic acids is 1. The van der Waals surface area contributed by atoms with Crippen LogP contribution in [0.5, 0.6) is 0 Å². The molecule has 1 N–H and O–H groups in total. The van der Waals surface area contributed by atoms with E-state index in [9.17, 15) is 9.59 Å². The van der Waals surface area contributed by atoms with Gasteiger partial charge >= 0.3 is 0 Å². The van der Waals surface area contributed by atoms with Crippen LogP contribution in [0.1, 0.15) is 33.6 Å². The summed E-state index contributed by atoms with van der Waals surface area (Å²) in [4.78, 5) is 29.3. The summed E-state index contributed by atoms with van der Waals surface area (Å²) in [5.74, 6) is 0.171. The molecule has 0 spiro atoms. The summed E-state index contributed by atoms with van der Waals surface area (Å²) in [5.41, 5.74) is 0.616. The molecule has 1 amide bonds. The fourth-order valence-electron chi connectivity index (χ4n) is 2.48. The Bertz CT molecular complexity index is 789. The summed E-state index contributed by atoms with van der Waals surface area (Å²) in [7, 11) is 0. The summed E-state index contributed by atoms with van der Waals surface area (Å²) in [6.07, 6.45) is 1.81. The number of thioether (sulfide) groups is 1. The molecule has 1 aromatic carbocycles. The number of hydrogen-bond acceptors (Lipinski definition) is 5. The van der Waals surface area contributed by atoms with Crippen molar-refractivity contribution in [2.24, 2.45) is 0 Å². The Morgan fingerprint density at radius 3 is 2.85 bits per heavy atom. The average Bonchev–Trinajstić information content (AvgIpc) is 2.62. The summed E-state index contributed by atoms with van der Waals surface area (Å²) < 4.78 is 7.11. The monoisotopic (exact) mass is 377 g/mol. The van der Waals surface area contributed by atoms with Crippen LogP contribution in [0.2, 0.25) is 0 Å². The topological polar surface area (TPSA) is 73.2 Å². The molecule has 0 saturated heterocycles. The number of rotatable bonds is 10. The second kappa shape index (κ2) is 10.3. The molecule has 1 heterocycles. The molecule has 142 valence electrons. The minimum absolute atomic E-state index is 0.0498. The lowest BCUT2D eigenvalue weighted by molar-refractivity contribution is -0.118. The highest BCUT2D eigenvalue weighted by atomic mass is 32.2. The number of ether oxygens (including phenoxy) is 1. The number of fused-ring (bicyclic) bond motifs is 1. The lowest BCUT2D eigenvalue weighted by atomic mass is 10.2. The van der Waals surface area contributed by atoms with Crippen molar-refractivity contribution in [3.63, 3.8) is 0 Å². The van der Waals surface area contributed by atoms with Crippen molar-refractivity contribution in [3.8, 4) is 0 Å². The smallest absolute Gasteiger partial charge is 0.262 e. The predicted molar refractivity (Wildman–Crippen MR) is 106 cm³/mol. The van der Waals surface area contributed by atoms with Crippen LogP contribution in [-0.4, -0.2) is 40.5 Å². The Labute approximate surface area is 158 Å². The molecule has 0 atom stereocenters. The van der Waals surface area contributed by atoms with Crippen molar-refractivity contribution in [2.45, 2.75) is 51.4 Å². The molecule has 7 heteroatoms. The van der Waals surface area contributed by atoms with Crippen LogP contribution in [0.3, 0.4) is 0 Å². The molecule has 26 heavy (non-hydrogen) atoms. The summed E-state index contributed by atoms with van der Waals surface area (Å²) in [5, 5.41) is 4.08. The van der Waals surface area contributed by atoms with E-state index >= 15 is 0 Å². The van der Waals surface area contributed by atoms with Crippen LogP contribution in [-0.2, 0) is 16.1 Å². The number of hydrogen-bond donors (Lipinski definition) is 1. The Morgan fingerprint density at radius 1 is 1.35 bits per heavy atom. The van der Waals surface area contributed by atoms with E-state index in [0.717, 1.165) is 12.8 Å². The van der Waals surface area contributed by atoms with Crippen LogP contribution in [0, 0.1) is 0 Å². The van der Waals surface area contributed by atoms with Crippen LogP contribution >= 0.6 is 11.8 Å². The van der Waals surface area contributed by atoms with Gasteiger partial charge in [-0.15, -0.1) is 0 Å². The summed E-state index contributed by atoms with van der Waals surface area (Å²) in [6, 6.07) is 7.31. The number of nitrogens with zero attached hydrogens (tertiary/aromatic N) is 2. The van der Waals surface area contributed by atoms with Gasteiger partial charge in [0.05, 0.1) is 22.8 Å². The first-order chi connectivity index (χ1) is 12.5. The van der Waals surface area contributed by atoms with E-state index in [-0.39, 0.29) is 23.3 Å². The fourth-order valence-corrected chi connectivity index (χ4v) is 3.33. The van der Waals surface area contributed by atoms with E-state index < -0.39 is 0 Å². The Kier molecular flexibility index (Phi) is 8.12. The standard InChI is InChI=1S/C19H27N3O3S/c1-4-11-22-18(24)15-8-5-6-9-16(15)21-19(22)26-13-17(23)20-10-7-12-25-14(2)3/h5-6,8-9,14H,4,7,10-13H2,1-3H3,(H,20,23). The predicted octanol–water partition coefficient (Wildman–Crippen LogP) is 2.83. The molecule has 2 aromatic rings. The number of carbonyl (C=O) groups is 1. The number of aromatic nitrogens is 2. The Hall–Kier alpha value is -1.86. The van der Waals surface area contributed by atoms with E-state index in [1.165, 1.54) is 11.8 Å². The molecule has 0 unspecified atom stereocenters. The second-order valence-corrected chi connectivity index (χ2v) is 7.22. The van der Waals surface area contributed by atoms with E-state index in [0.29, 0.717) is 35.8 Å². The zero-order valence-corrected chi connectivity index (χ0v) is 16.5. The number of benzene rings is 1. The lowest BCUT2D eigenvalue weighted by Crippen LogP contribution is -2.28. The van der Waals surface area contributed by atoms with Crippen molar-refractivity contribution in [3.05, 3.63) is 34.6 Å². The first-order valence-corrected chi connectivity index (χ1v) is 10.0. The van der Waals surface area contributed by atoms with E-state index in [4.69, 9.17) is 4.74 Å². The van der Waals surface area contributed by atoms with Gasteiger partial charge in [0.1, 0.15) is 0 Å². The molecular weight excluding hydrogens is 350 g/mol. The van der Waals surface area contributed by atoms with Crippen LogP contribution in [0.4, 0.5) is 0 Å². The molecule has 0 bridgehead atoms. The van der Waals surface area contributed by atoms with Gasteiger partial charge in [-0.1, -0.05) is 30.8 Å². The Morgan fingerprint density at radius 2 is 2.12 bits per heavy atom. The lowest BCUT2D eigenvalue weighted by Gasteiger charge is -2.12. The largest absolute Gasteiger partial charge is 0.379 e. The number of amides is 1. The summed E-state index contributed by atoms with van der Waals surface area (Å²) >= 11 is 1.30. The molecule has 0 saturated carbocycles. The van der Waals surface area contributed by atoms with Gasteiger partial charge in [-0.3, -0.25) is 14.2 Å². The normalized spacial score (nSPS) is 11.2. The highest BCUT2D eigenvalue weighted by molar-refractivity contribution is 7.99. The van der Waals surface area contributed by atoms with Crippen molar-refractivity contribution < 1.29 is 9.53 Å². The molecule has 0 radical (unpaired) electrons. The van der Waals surface area contributed by atoms with Gasteiger partial charge in [-0.05, 0) is 38.8 Å². The first kappa shape index (κ1) is 20.5. The first-order valence-electron chi connectivity index (χ1n) is 9.03. The molecule has 0 aliphatic rings. The minimum Gasteiger partial charge on any atom is -0.379 e. The molecule has 0 aliphatic heterocycles. The van der Waals surface area contributed by atoms with Crippen LogP contribution < -0.4 is 10.9 Å². The SMILES string of the molecule is CCCn1c(SCC(=O)NCCCOC(C)C)nc2ccccc2c1=O. The molecule has 6 nitrogen and oxygen atoms in total. The van der Waals surface area contributed by atoms with Crippen molar-refractivity contribution in [1.29, 1.82) is 0 Å². The molecule has 2 rings (SSSR count). The molecule has 1 aromatic heterocycles. The van der Waals surface area contributed by atoms with E-state index in [1.54, 1.807) is 10.6 Å². The van der Waals surface area contributed by atoms with Crippen LogP contribution in [0.25, 0.3) is 10.9 Å². The third-order valence-corrected chi connectivity index (χ3v) is 4.68. The Balaban J connectivity index is 1.98. The maximum absolute atomic E-state index is 12.7. The van der Waals surface area contributed by atoms with Gasteiger partial charge in [-0.2, -0.15) is 0 Å².